The lowest BCUT2D eigenvalue weighted by atomic mass is 10.1. The largest absolute Gasteiger partial charge is 0.381 e. The first-order chi connectivity index (χ1) is 9.16. The molecule has 0 aliphatic carbocycles. The van der Waals surface area contributed by atoms with Crippen LogP contribution in [0.4, 0.5) is 10.2 Å². The minimum atomic E-state index is -0.735. The fourth-order valence-corrected chi connectivity index (χ4v) is 3.13. The van der Waals surface area contributed by atoms with Crippen LogP contribution in [0.2, 0.25) is 0 Å². The van der Waals surface area contributed by atoms with E-state index in [0.717, 1.165) is 25.9 Å². The van der Waals surface area contributed by atoms with E-state index in [0.29, 0.717) is 6.04 Å². The summed E-state index contributed by atoms with van der Waals surface area (Å²) in [5, 5.41) is 2.93. The molecule has 2 atom stereocenters. The predicted molar refractivity (Wildman–Crippen MR) is 69.1 cm³/mol. The van der Waals surface area contributed by atoms with Crippen LogP contribution in [0.3, 0.4) is 0 Å². The Kier molecular flexibility index (Phi) is 3.10. The molecule has 19 heavy (non-hydrogen) atoms. The molecule has 3 rings (SSSR count). The van der Waals surface area contributed by atoms with Gasteiger partial charge in [-0.05, 0) is 31.9 Å². The number of hydrogen-bond acceptors (Lipinski definition) is 4. The van der Waals surface area contributed by atoms with Crippen LogP contribution < -0.4 is 11.1 Å². The van der Waals surface area contributed by atoms with Gasteiger partial charge in [0.15, 0.2) is 11.6 Å². The maximum absolute atomic E-state index is 13.7. The minimum Gasteiger partial charge on any atom is -0.381 e. The average Bonchev–Trinajstić information content (AvgIpc) is 2.97. The van der Waals surface area contributed by atoms with Crippen LogP contribution >= 0.6 is 0 Å². The van der Waals surface area contributed by atoms with Gasteiger partial charge in [0.1, 0.15) is 0 Å². The van der Waals surface area contributed by atoms with E-state index in [9.17, 15) is 9.18 Å². The van der Waals surface area contributed by atoms with Crippen LogP contribution in [0.1, 0.15) is 29.6 Å². The Morgan fingerprint density at radius 1 is 1.47 bits per heavy atom. The molecule has 5 nitrogen and oxygen atoms in total. The molecule has 3 heterocycles. The van der Waals surface area contributed by atoms with Crippen molar-refractivity contribution in [1.29, 1.82) is 0 Å². The molecular formula is C13H17FN4O. The highest BCUT2D eigenvalue weighted by molar-refractivity contribution is 5.95. The van der Waals surface area contributed by atoms with Crippen molar-refractivity contribution >= 4 is 11.7 Å². The van der Waals surface area contributed by atoms with E-state index in [2.05, 4.69) is 15.2 Å². The monoisotopic (exact) mass is 264 g/mol. The van der Waals surface area contributed by atoms with Gasteiger partial charge in [0.05, 0.1) is 5.56 Å². The predicted octanol–water partition coefficient (Wildman–Crippen LogP) is 0.769. The van der Waals surface area contributed by atoms with Crippen molar-refractivity contribution in [2.45, 2.75) is 31.3 Å². The summed E-state index contributed by atoms with van der Waals surface area (Å²) in [7, 11) is 0. The Bertz CT molecular complexity index is 507. The van der Waals surface area contributed by atoms with Gasteiger partial charge in [0.25, 0.3) is 5.91 Å². The van der Waals surface area contributed by atoms with Crippen molar-refractivity contribution in [2.24, 2.45) is 0 Å². The first kappa shape index (κ1) is 12.3. The second-order valence-corrected chi connectivity index (χ2v) is 5.17. The highest BCUT2D eigenvalue weighted by Gasteiger charge is 2.38. The molecule has 0 saturated carbocycles. The lowest BCUT2D eigenvalue weighted by Gasteiger charge is -2.21. The molecule has 0 aromatic carbocycles. The molecule has 0 spiro atoms. The number of aromatic nitrogens is 1. The Morgan fingerprint density at radius 2 is 2.32 bits per heavy atom. The summed E-state index contributed by atoms with van der Waals surface area (Å²) in [6.07, 6.45) is 4.56. The number of fused-ring (bicyclic) bond motifs is 1. The number of anilines is 1. The SMILES string of the molecule is Nc1nccc(C(=O)NC2CCN3CCCC23)c1F. The van der Waals surface area contributed by atoms with Crippen molar-refractivity contribution < 1.29 is 9.18 Å². The van der Waals surface area contributed by atoms with Crippen LogP contribution in [-0.4, -0.2) is 41.0 Å². The zero-order chi connectivity index (χ0) is 13.4. The summed E-state index contributed by atoms with van der Waals surface area (Å²) in [6, 6.07) is 1.89. The zero-order valence-electron chi connectivity index (χ0n) is 10.6. The zero-order valence-corrected chi connectivity index (χ0v) is 10.6. The van der Waals surface area contributed by atoms with Gasteiger partial charge in [-0.25, -0.2) is 9.37 Å². The Balaban J connectivity index is 1.73. The minimum absolute atomic E-state index is 0.0241. The summed E-state index contributed by atoms with van der Waals surface area (Å²) in [5.74, 6) is -1.37. The van der Waals surface area contributed by atoms with Crippen LogP contribution in [-0.2, 0) is 0 Å². The van der Waals surface area contributed by atoms with Gasteiger partial charge in [-0.15, -0.1) is 0 Å². The highest BCUT2D eigenvalue weighted by atomic mass is 19.1. The van der Waals surface area contributed by atoms with Crippen LogP contribution in [0.25, 0.3) is 0 Å². The second kappa shape index (κ2) is 4.77. The Hall–Kier alpha value is -1.69. The lowest BCUT2D eigenvalue weighted by Crippen LogP contribution is -2.42. The maximum Gasteiger partial charge on any atom is 0.254 e. The number of hydrogen-bond donors (Lipinski definition) is 2. The number of nitrogens with two attached hydrogens (primary N) is 1. The van der Waals surface area contributed by atoms with Gasteiger partial charge in [-0.3, -0.25) is 9.69 Å². The van der Waals surface area contributed by atoms with Crippen LogP contribution in [0, 0.1) is 5.82 Å². The quantitative estimate of drug-likeness (QED) is 0.827. The molecule has 2 saturated heterocycles. The topological polar surface area (TPSA) is 71.2 Å². The van der Waals surface area contributed by atoms with E-state index in [1.165, 1.54) is 18.7 Å². The molecule has 2 aliphatic heterocycles. The fraction of sp³-hybridized carbons (Fsp3) is 0.538. The molecule has 6 heteroatoms. The molecule has 1 amide bonds. The summed E-state index contributed by atoms with van der Waals surface area (Å²) in [4.78, 5) is 18.1. The smallest absolute Gasteiger partial charge is 0.254 e. The second-order valence-electron chi connectivity index (χ2n) is 5.17. The number of carbonyl (C=O) groups excluding carboxylic acids is 1. The van der Waals surface area contributed by atoms with Crippen LogP contribution in [0.15, 0.2) is 12.3 Å². The third-order valence-corrected chi connectivity index (χ3v) is 4.08. The molecule has 0 radical (unpaired) electrons. The number of amides is 1. The molecule has 2 fully saturated rings. The maximum atomic E-state index is 13.7. The number of nitrogens with one attached hydrogen (secondary N) is 1. The lowest BCUT2D eigenvalue weighted by molar-refractivity contribution is 0.0925. The number of nitrogens with zero attached hydrogens (tertiary/aromatic N) is 2. The number of rotatable bonds is 2. The normalized spacial score (nSPS) is 26.4. The molecule has 1 aromatic heterocycles. The summed E-state index contributed by atoms with van der Waals surface area (Å²) in [6.45, 7) is 2.12. The molecule has 2 aliphatic rings. The molecule has 2 unspecified atom stereocenters. The van der Waals surface area contributed by atoms with Gasteiger partial charge in [-0.2, -0.15) is 0 Å². The standard InChI is InChI=1S/C13H17FN4O/c14-11-8(3-5-16-12(11)15)13(19)17-9-4-7-18-6-1-2-10(9)18/h3,5,9-10H,1-2,4,6-7H2,(H2,15,16)(H,17,19). The highest BCUT2D eigenvalue weighted by Crippen LogP contribution is 2.28. The van der Waals surface area contributed by atoms with Crippen LogP contribution in [0.5, 0.6) is 0 Å². The summed E-state index contributed by atoms with van der Waals surface area (Å²) < 4.78 is 13.7. The van der Waals surface area contributed by atoms with E-state index in [4.69, 9.17) is 5.73 Å². The van der Waals surface area contributed by atoms with Crippen molar-refractivity contribution in [2.75, 3.05) is 18.8 Å². The first-order valence-corrected chi connectivity index (χ1v) is 6.61. The Labute approximate surface area is 111 Å². The molecule has 102 valence electrons. The van der Waals surface area contributed by atoms with Gasteiger partial charge in [0, 0.05) is 24.8 Å². The van der Waals surface area contributed by atoms with E-state index in [1.807, 2.05) is 0 Å². The number of nitrogen functional groups attached to an aromatic ring is 1. The van der Waals surface area contributed by atoms with E-state index >= 15 is 0 Å². The number of carbonyl (C=O) groups is 1. The number of pyridine rings is 1. The van der Waals surface area contributed by atoms with E-state index < -0.39 is 11.7 Å². The third-order valence-electron chi connectivity index (χ3n) is 4.08. The van der Waals surface area contributed by atoms with Crippen molar-refractivity contribution in [3.05, 3.63) is 23.6 Å². The average molecular weight is 264 g/mol. The molecular weight excluding hydrogens is 247 g/mol. The molecule has 1 aromatic rings. The van der Waals surface area contributed by atoms with Crippen molar-refractivity contribution in [1.82, 2.24) is 15.2 Å². The Morgan fingerprint density at radius 3 is 3.16 bits per heavy atom. The molecule has 3 N–H and O–H groups in total. The number of halogens is 1. The van der Waals surface area contributed by atoms with Gasteiger partial charge in [-0.1, -0.05) is 0 Å². The van der Waals surface area contributed by atoms with Crippen molar-refractivity contribution in [3.63, 3.8) is 0 Å². The molecule has 0 bridgehead atoms. The van der Waals surface area contributed by atoms with Gasteiger partial charge < -0.3 is 11.1 Å². The van der Waals surface area contributed by atoms with E-state index in [1.54, 1.807) is 0 Å². The summed E-state index contributed by atoms with van der Waals surface area (Å²) >= 11 is 0. The van der Waals surface area contributed by atoms with E-state index in [-0.39, 0.29) is 17.4 Å². The van der Waals surface area contributed by atoms with Crippen molar-refractivity contribution in [3.8, 4) is 0 Å². The fourth-order valence-electron chi connectivity index (χ4n) is 3.13. The third kappa shape index (κ3) is 2.16. The van der Waals surface area contributed by atoms with Gasteiger partial charge in [0.2, 0.25) is 0 Å². The van der Waals surface area contributed by atoms with Gasteiger partial charge >= 0.3 is 0 Å². The first-order valence-electron chi connectivity index (χ1n) is 6.61. The summed E-state index contributed by atoms with van der Waals surface area (Å²) in [5.41, 5.74) is 5.35.